The summed E-state index contributed by atoms with van der Waals surface area (Å²) < 4.78 is 6.37. The van der Waals surface area contributed by atoms with Crippen LogP contribution < -0.4 is 10.2 Å². The molecular weight excluding hydrogens is 422 g/mol. The summed E-state index contributed by atoms with van der Waals surface area (Å²) in [4.78, 5) is 21.1. The first kappa shape index (κ1) is 21.1. The summed E-state index contributed by atoms with van der Waals surface area (Å²) in [6.45, 7) is 7.27. The summed E-state index contributed by atoms with van der Waals surface area (Å²) in [7, 11) is 1.96. The molecule has 9 heteroatoms. The Morgan fingerprint density at radius 1 is 1.16 bits per heavy atom. The average Bonchev–Trinajstić information content (AvgIpc) is 3.55. The Labute approximate surface area is 192 Å². The van der Waals surface area contributed by atoms with Gasteiger partial charge in [0.05, 0.1) is 18.8 Å². The molecule has 2 aliphatic rings. The van der Waals surface area contributed by atoms with Gasteiger partial charge < -0.3 is 14.8 Å². The Morgan fingerprint density at radius 3 is 2.84 bits per heavy atom. The fraction of sp³-hybridized carbons (Fsp3) is 0.435. The Hall–Kier alpha value is -2.78. The standard InChI is InChI=1S/C23H29N7OS/c1-17-21(32-29-12-13-30-19(16-29)7-9-26-30)14-20(27(17)2)23(31)25-15-18-6-5-8-24-22(18)28-10-3-4-11-28/h5-9,14H,3-4,10-13,15-16H2,1-2H3,(H,25,31). The van der Waals surface area contributed by atoms with Gasteiger partial charge in [-0.15, -0.1) is 0 Å². The third kappa shape index (κ3) is 4.14. The highest BCUT2D eigenvalue weighted by Crippen LogP contribution is 2.31. The lowest BCUT2D eigenvalue weighted by molar-refractivity contribution is 0.0942. The zero-order valence-corrected chi connectivity index (χ0v) is 19.4. The third-order valence-electron chi connectivity index (χ3n) is 6.37. The first-order valence-electron chi connectivity index (χ1n) is 11.2. The molecule has 5 rings (SSSR count). The maximum Gasteiger partial charge on any atom is 0.268 e. The molecule has 168 valence electrons. The van der Waals surface area contributed by atoms with Gasteiger partial charge in [0.15, 0.2) is 0 Å². The van der Waals surface area contributed by atoms with E-state index in [1.807, 2.05) is 36.1 Å². The number of rotatable bonds is 6. The van der Waals surface area contributed by atoms with Crippen molar-refractivity contribution in [3.05, 3.63) is 59.3 Å². The normalized spacial score (nSPS) is 16.4. The lowest BCUT2D eigenvalue weighted by Crippen LogP contribution is -2.28. The predicted octanol–water partition coefficient (Wildman–Crippen LogP) is 2.98. The molecular formula is C23H29N7OS. The van der Waals surface area contributed by atoms with Crippen LogP contribution in [-0.2, 0) is 26.7 Å². The van der Waals surface area contributed by atoms with Gasteiger partial charge in [0.25, 0.3) is 5.91 Å². The van der Waals surface area contributed by atoms with E-state index in [2.05, 4.69) is 48.3 Å². The number of hydrogen-bond donors (Lipinski definition) is 1. The van der Waals surface area contributed by atoms with Gasteiger partial charge in [-0.3, -0.25) is 9.48 Å². The monoisotopic (exact) mass is 451 g/mol. The van der Waals surface area contributed by atoms with E-state index in [0.717, 1.165) is 54.7 Å². The highest BCUT2D eigenvalue weighted by molar-refractivity contribution is 7.97. The Bertz CT molecular complexity index is 1120. The Morgan fingerprint density at radius 2 is 2.00 bits per heavy atom. The second kappa shape index (κ2) is 8.99. The molecule has 0 unspecified atom stereocenters. The fourth-order valence-electron chi connectivity index (χ4n) is 4.41. The molecule has 5 heterocycles. The van der Waals surface area contributed by atoms with Gasteiger partial charge in [0.2, 0.25) is 0 Å². The van der Waals surface area contributed by atoms with Crippen LogP contribution >= 0.6 is 11.9 Å². The van der Waals surface area contributed by atoms with Gasteiger partial charge >= 0.3 is 0 Å². The van der Waals surface area contributed by atoms with E-state index in [1.54, 1.807) is 11.9 Å². The number of aromatic nitrogens is 4. The number of fused-ring (bicyclic) bond motifs is 1. The van der Waals surface area contributed by atoms with Crippen LogP contribution in [0.5, 0.6) is 0 Å². The van der Waals surface area contributed by atoms with E-state index >= 15 is 0 Å². The van der Waals surface area contributed by atoms with Crippen molar-refractivity contribution in [2.45, 2.75) is 44.3 Å². The van der Waals surface area contributed by atoms with E-state index in [4.69, 9.17) is 0 Å². The van der Waals surface area contributed by atoms with Crippen molar-refractivity contribution < 1.29 is 4.79 Å². The molecule has 0 bridgehead atoms. The van der Waals surface area contributed by atoms with Gasteiger partial charge in [-0.2, -0.15) is 5.10 Å². The largest absolute Gasteiger partial charge is 0.356 e. The molecule has 32 heavy (non-hydrogen) atoms. The van der Waals surface area contributed by atoms with E-state index in [-0.39, 0.29) is 5.91 Å². The third-order valence-corrected chi connectivity index (χ3v) is 7.55. The van der Waals surface area contributed by atoms with Gasteiger partial charge in [0, 0.05) is 61.8 Å². The van der Waals surface area contributed by atoms with Crippen molar-refractivity contribution in [3.8, 4) is 0 Å². The molecule has 0 radical (unpaired) electrons. The van der Waals surface area contributed by atoms with Crippen molar-refractivity contribution >= 4 is 23.7 Å². The molecule has 0 atom stereocenters. The molecule has 1 N–H and O–H groups in total. The minimum atomic E-state index is -0.0598. The molecule has 8 nitrogen and oxygen atoms in total. The van der Waals surface area contributed by atoms with Crippen LogP contribution in [0.4, 0.5) is 5.82 Å². The molecule has 0 saturated carbocycles. The van der Waals surface area contributed by atoms with E-state index < -0.39 is 0 Å². The zero-order valence-electron chi connectivity index (χ0n) is 18.6. The summed E-state index contributed by atoms with van der Waals surface area (Å²) in [6, 6.07) is 8.07. The molecule has 1 saturated heterocycles. The highest BCUT2D eigenvalue weighted by atomic mass is 32.2. The molecule has 0 aliphatic carbocycles. The summed E-state index contributed by atoms with van der Waals surface area (Å²) in [5.74, 6) is 0.935. The molecule has 2 aliphatic heterocycles. The summed E-state index contributed by atoms with van der Waals surface area (Å²) in [6.07, 6.45) is 6.09. The molecule has 1 fully saturated rings. The lowest BCUT2D eigenvalue weighted by Gasteiger charge is -2.26. The molecule has 3 aromatic heterocycles. The minimum absolute atomic E-state index is 0.0598. The molecule has 3 aromatic rings. The fourth-order valence-corrected chi connectivity index (χ4v) is 5.49. The Balaban J connectivity index is 1.26. The Kier molecular flexibility index (Phi) is 5.93. The van der Waals surface area contributed by atoms with E-state index in [0.29, 0.717) is 12.2 Å². The first-order chi connectivity index (χ1) is 15.6. The highest BCUT2D eigenvalue weighted by Gasteiger charge is 2.22. The average molecular weight is 452 g/mol. The second-order valence-corrected chi connectivity index (χ2v) is 9.54. The van der Waals surface area contributed by atoms with Crippen molar-refractivity contribution in [2.75, 3.05) is 24.5 Å². The first-order valence-corrected chi connectivity index (χ1v) is 11.9. The van der Waals surface area contributed by atoms with Crippen molar-refractivity contribution in [3.63, 3.8) is 0 Å². The van der Waals surface area contributed by atoms with Gasteiger partial charge in [0.1, 0.15) is 11.5 Å². The number of hydrogen-bond acceptors (Lipinski definition) is 6. The molecule has 0 aromatic carbocycles. The van der Waals surface area contributed by atoms with Crippen LogP contribution in [0.1, 0.15) is 40.3 Å². The van der Waals surface area contributed by atoms with Gasteiger partial charge in [-0.05, 0) is 49.9 Å². The van der Waals surface area contributed by atoms with E-state index in [1.165, 1.54) is 18.5 Å². The van der Waals surface area contributed by atoms with Crippen molar-refractivity contribution in [2.24, 2.45) is 7.05 Å². The van der Waals surface area contributed by atoms with Crippen molar-refractivity contribution in [1.82, 2.24) is 29.0 Å². The number of nitrogens with one attached hydrogen (secondary N) is 1. The van der Waals surface area contributed by atoms with Crippen molar-refractivity contribution in [1.29, 1.82) is 0 Å². The zero-order chi connectivity index (χ0) is 22.1. The van der Waals surface area contributed by atoms with Gasteiger partial charge in [-0.1, -0.05) is 6.07 Å². The maximum atomic E-state index is 13.1. The van der Waals surface area contributed by atoms with Crippen LogP contribution in [0.3, 0.4) is 0 Å². The topological polar surface area (TPSA) is 71.2 Å². The smallest absolute Gasteiger partial charge is 0.268 e. The van der Waals surface area contributed by atoms with Crippen LogP contribution in [0.25, 0.3) is 0 Å². The maximum absolute atomic E-state index is 13.1. The molecule has 0 spiro atoms. The van der Waals surface area contributed by atoms with Crippen LogP contribution in [0.2, 0.25) is 0 Å². The minimum Gasteiger partial charge on any atom is -0.356 e. The van der Waals surface area contributed by atoms with Crippen LogP contribution in [0.15, 0.2) is 41.6 Å². The number of nitrogens with zero attached hydrogens (tertiary/aromatic N) is 6. The number of anilines is 1. The molecule has 1 amide bonds. The summed E-state index contributed by atoms with van der Waals surface area (Å²) in [5, 5.41) is 7.46. The van der Waals surface area contributed by atoms with Crippen LogP contribution in [-0.4, -0.2) is 49.2 Å². The van der Waals surface area contributed by atoms with Gasteiger partial charge in [-0.25, -0.2) is 9.29 Å². The van der Waals surface area contributed by atoms with E-state index in [9.17, 15) is 4.79 Å². The van der Waals surface area contributed by atoms with Crippen LogP contribution in [0, 0.1) is 6.92 Å². The predicted molar refractivity (Wildman–Crippen MR) is 125 cm³/mol. The SMILES string of the molecule is Cc1c(SN2CCn3nccc3C2)cc(C(=O)NCc2cccnc2N2CCCC2)n1C. The quantitative estimate of drug-likeness (QED) is 0.581. The number of pyridine rings is 1. The lowest BCUT2D eigenvalue weighted by atomic mass is 10.2. The summed E-state index contributed by atoms with van der Waals surface area (Å²) in [5.41, 5.74) is 4.06. The number of carbonyl (C=O) groups excluding carboxylic acids is 1. The second-order valence-electron chi connectivity index (χ2n) is 8.40. The number of amides is 1. The number of carbonyl (C=O) groups is 1. The summed E-state index contributed by atoms with van der Waals surface area (Å²) >= 11 is 1.72.